The summed E-state index contributed by atoms with van der Waals surface area (Å²) in [6, 6.07) is 7.94. The molecular formula is C15H21NO3. The third kappa shape index (κ3) is 3.55. The number of rotatable bonds is 4. The predicted octanol–water partition coefficient (Wildman–Crippen LogP) is 1.15. The number of hydrogen-bond acceptors (Lipinski definition) is 3. The van der Waals surface area contributed by atoms with Crippen molar-refractivity contribution < 1.29 is 14.6 Å². The number of hydrogen-bond donors (Lipinski definition) is 1. The second-order valence-corrected chi connectivity index (χ2v) is 4.92. The molecular weight excluding hydrogens is 242 g/mol. The summed E-state index contributed by atoms with van der Waals surface area (Å²) in [6.45, 7) is 3.61. The van der Waals surface area contributed by atoms with E-state index in [0.717, 1.165) is 6.42 Å². The quantitative estimate of drug-likeness (QED) is 0.886. The summed E-state index contributed by atoms with van der Waals surface area (Å²) in [5, 5.41) is 9.27. The van der Waals surface area contributed by atoms with Gasteiger partial charge in [-0.1, -0.05) is 24.3 Å². The van der Waals surface area contributed by atoms with E-state index in [1.165, 1.54) is 11.1 Å². The minimum Gasteiger partial charge on any atom is -0.394 e. The van der Waals surface area contributed by atoms with Crippen molar-refractivity contribution in [3.8, 4) is 0 Å². The zero-order chi connectivity index (χ0) is 13.7. The van der Waals surface area contributed by atoms with Crippen molar-refractivity contribution in [2.45, 2.75) is 25.8 Å². The van der Waals surface area contributed by atoms with Crippen LogP contribution in [0.1, 0.15) is 17.5 Å². The molecule has 1 amide bonds. The maximum atomic E-state index is 12.2. The Hall–Kier alpha value is -1.39. The number of ether oxygens (including phenoxy) is 1. The number of aliphatic hydroxyl groups is 1. The molecule has 104 valence electrons. The Balaban J connectivity index is 1.92. The molecule has 0 aromatic heterocycles. The summed E-state index contributed by atoms with van der Waals surface area (Å²) in [6.07, 6.45) is 1.24. The van der Waals surface area contributed by atoms with E-state index in [9.17, 15) is 9.90 Å². The highest BCUT2D eigenvalue weighted by Crippen LogP contribution is 2.13. The highest BCUT2D eigenvalue weighted by molar-refractivity contribution is 5.77. The van der Waals surface area contributed by atoms with Crippen molar-refractivity contribution in [2.75, 3.05) is 26.4 Å². The zero-order valence-corrected chi connectivity index (χ0v) is 11.3. The maximum Gasteiger partial charge on any atom is 0.223 e. The van der Waals surface area contributed by atoms with Gasteiger partial charge >= 0.3 is 0 Å². The number of aliphatic hydroxyl groups excluding tert-OH is 1. The van der Waals surface area contributed by atoms with Gasteiger partial charge in [0.05, 0.1) is 25.9 Å². The molecule has 2 rings (SSSR count). The minimum atomic E-state index is -0.182. The van der Waals surface area contributed by atoms with Gasteiger partial charge in [-0.3, -0.25) is 4.79 Å². The van der Waals surface area contributed by atoms with E-state index < -0.39 is 0 Å². The zero-order valence-electron chi connectivity index (χ0n) is 11.3. The predicted molar refractivity (Wildman–Crippen MR) is 72.9 cm³/mol. The van der Waals surface area contributed by atoms with Gasteiger partial charge in [-0.15, -0.1) is 0 Å². The van der Waals surface area contributed by atoms with Gasteiger partial charge in [-0.25, -0.2) is 0 Å². The number of carbonyl (C=O) groups excluding carboxylic acids is 1. The van der Waals surface area contributed by atoms with Crippen LogP contribution in [0.15, 0.2) is 24.3 Å². The molecule has 19 heavy (non-hydrogen) atoms. The van der Waals surface area contributed by atoms with Crippen LogP contribution in [0.4, 0.5) is 0 Å². The summed E-state index contributed by atoms with van der Waals surface area (Å²) in [7, 11) is 0. The number of carbonyl (C=O) groups is 1. The van der Waals surface area contributed by atoms with E-state index in [1.54, 1.807) is 4.90 Å². The molecule has 0 spiro atoms. The Bertz CT molecular complexity index is 433. The molecule has 1 fully saturated rings. The lowest BCUT2D eigenvalue weighted by Crippen LogP contribution is -2.50. The molecule has 1 saturated heterocycles. The average molecular weight is 263 g/mol. The Morgan fingerprint density at radius 1 is 1.47 bits per heavy atom. The van der Waals surface area contributed by atoms with Crippen molar-refractivity contribution in [1.29, 1.82) is 0 Å². The van der Waals surface area contributed by atoms with Crippen LogP contribution in [0.5, 0.6) is 0 Å². The van der Waals surface area contributed by atoms with E-state index in [0.29, 0.717) is 26.2 Å². The first kappa shape index (κ1) is 14.0. The molecule has 0 bridgehead atoms. The third-order valence-corrected chi connectivity index (χ3v) is 3.63. The smallest absolute Gasteiger partial charge is 0.223 e. The minimum absolute atomic E-state index is 0.0316. The number of benzene rings is 1. The van der Waals surface area contributed by atoms with Gasteiger partial charge < -0.3 is 14.7 Å². The molecule has 1 aliphatic heterocycles. The second kappa shape index (κ2) is 6.68. The van der Waals surface area contributed by atoms with Gasteiger partial charge in [0.2, 0.25) is 5.91 Å². The van der Waals surface area contributed by atoms with E-state index in [4.69, 9.17) is 4.74 Å². The summed E-state index contributed by atoms with van der Waals surface area (Å²) in [5.74, 6) is 0.102. The topological polar surface area (TPSA) is 49.8 Å². The molecule has 0 aliphatic carbocycles. The van der Waals surface area contributed by atoms with E-state index in [1.807, 2.05) is 12.1 Å². The maximum absolute atomic E-state index is 12.2. The standard InChI is InChI=1S/C15H21NO3/c1-12-4-2-3-5-13(12)6-7-15(18)16-8-9-19-11-14(16)10-17/h2-5,14,17H,6-11H2,1H3. The van der Waals surface area contributed by atoms with E-state index >= 15 is 0 Å². The van der Waals surface area contributed by atoms with E-state index in [-0.39, 0.29) is 18.6 Å². The molecule has 4 heteroatoms. The Morgan fingerprint density at radius 2 is 2.26 bits per heavy atom. The molecule has 4 nitrogen and oxygen atoms in total. The van der Waals surface area contributed by atoms with Crippen molar-refractivity contribution in [3.05, 3.63) is 35.4 Å². The third-order valence-electron chi connectivity index (χ3n) is 3.63. The van der Waals surface area contributed by atoms with Crippen molar-refractivity contribution in [1.82, 2.24) is 4.90 Å². The van der Waals surface area contributed by atoms with Crippen LogP contribution in [-0.2, 0) is 16.0 Å². The highest BCUT2D eigenvalue weighted by atomic mass is 16.5. The summed E-state index contributed by atoms with van der Waals surface area (Å²) >= 11 is 0. The largest absolute Gasteiger partial charge is 0.394 e. The van der Waals surface area contributed by atoms with Crippen molar-refractivity contribution >= 4 is 5.91 Å². The highest BCUT2D eigenvalue weighted by Gasteiger charge is 2.26. The lowest BCUT2D eigenvalue weighted by atomic mass is 10.0. The van der Waals surface area contributed by atoms with Crippen molar-refractivity contribution in [3.63, 3.8) is 0 Å². The normalized spacial score (nSPS) is 19.5. The molecule has 1 aliphatic rings. The summed E-state index contributed by atoms with van der Waals surface area (Å²) in [4.78, 5) is 14.0. The van der Waals surface area contributed by atoms with Gasteiger partial charge in [-0.05, 0) is 24.5 Å². The fourth-order valence-corrected chi connectivity index (χ4v) is 2.41. The molecule has 1 N–H and O–H groups in total. The lowest BCUT2D eigenvalue weighted by molar-refractivity contribution is -0.141. The van der Waals surface area contributed by atoms with Crippen LogP contribution >= 0.6 is 0 Å². The van der Waals surface area contributed by atoms with Crippen LogP contribution in [0.2, 0.25) is 0 Å². The van der Waals surface area contributed by atoms with Gasteiger partial charge in [-0.2, -0.15) is 0 Å². The molecule has 0 radical (unpaired) electrons. The van der Waals surface area contributed by atoms with Gasteiger partial charge in [0.25, 0.3) is 0 Å². The molecule has 1 heterocycles. The van der Waals surface area contributed by atoms with Crippen molar-refractivity contribution in [2.24, 2.45) is 0 Å². The number of morpholine rings is 1. The Morgan fingerprint density at radius 3 is 3.00 bits per heavy atom. The monoisotopic (exact) mass is 263 g/mol. The van der Waals surface area contributed by atoms with Crippen LogP contribution in [-0.4, -0.2) is 48.3 Å². The van der Waals surface area contributed by atoms with Crippen LogP contribution in [0.3, 0.4) is 0 Å². The fraction of sp³-hybridized carbons (Fsp3) is 0.533. The second-order valence-electron chi connectivity index (χ2n) is 4.92. The fourth-order valence-electron chi connectivity index (χ4n) is 2.41. The lowest BCUT2D eigenvalue weighted by Gasteiger charge is -2.34. The van der Waals surface area contributed by atoms with Crippen LogP contribution in [0.25, 0.3) is 0 Å². The number of aryl methyl sites for hydroxylation is 2. The summed E-state index contributed by atoms with van der Waals surface area (Å²) in [5.41, 5.74) is 2.43. The first-order valence-electron chi connectivity index (χ1n) is 6.75. The molecule has 1 atom stereocenters. The Labute approximate surface area is 114 Å². The SMILES string of the molecule is Cc1ccccc1CCC(=O)N1CCOCC1CO. The Kier molecular flexibility index (Phi) is 4.93. The van der Waals surface area contributed by atoms with Gasteiger partial charge in [0.1, 0.15) is 0 Å². The van der Waals surface area contributed by atoms with E-state index in [2.05, 4.69) is 19.1 Å². The first-order valence-corrected chi connectivity index (χ1v) is 6.75. The number of amides is 1. The molecule has 1 aromatic rings. The number of nitrogens with zero attached hydrogens (tertiary/aromatic N) is 1. The molecule has 1 unspecified atom stereocenters. The summed E-state index contributed by atoms with van der Waals surface area (Å²) < 4.78 is 5.28. The van der Waals surface area contributed by atoms with Gasteiger partial charge in [0.15, 0.2) is 0 Å². The van der Waals surface area contributed by atoms with Gasteiger partial charge in [0, 0.05) is 13.0 Å². The molecule has 0 saturated carbocycles. The molecule has 1 aromatic carbocycles. The average Bonchev–Trinajstić information content (AvgIpc) is 2.46. The van der Waals surface area contributed by atoms with Crippen LogP contribution < -0.4 is 0 Å². The van der Waals surface area contributed by atoms with Crippen LogP contribution in [0, 0.1) is 6.92 Å². The first-order chi connectivity index (χ1) is 9.22.